The highest BCUT2D eigenvalue weighted by molar-refractivity contribution is 7.90. The highest BCUT2D eigenvalue weighted by Crippen LogP contribution is 2.48. The summed E-state index contributed by atoms with van der Waals surface area (Å²) in [6, 6.07) is 11.2. The van der Waals surface area contributed by atoms with Crippen LogP contribution in [0.15, 0.2) is 36.4 Å². The van der Waals surface area contributed by atoms with Gasteiger partial charge in [0, 0.05) is 57.5 Å². The van der Waals surface area contributed by atoms with Crippen molar-refractivity contribution in [3.63, 3.8) is 0 Å². The van der Waals surface area contributed by atoms with Gasteiger partial charge < -0.3 is 19.3 Å². The van der Waals surface area contributed by atoms with Crippen LogP contribution in [0.4, 0.5) is 5.69 Å². The van der Waals surface area contributed by atoms with E-state index in [0.717, 1.165) is 75.8 Å². The first kappa shape index (κ1) is 36.9. The number of piperazine rings is 1. The molecule has 0 spiro atoms. The van der Waals surface area contributed by atoms with E-state index in [1.165, 1.54) is 5.56 Å². The van der Waals surface area contributed by atoms with Crippen LogP contribution in [0.5, 0.6) is 5.75 Å². The number of halogens is 1. The van der Waals surface area contributed by atoms with Crippen LogP contribution in [0.3, 0.4) is 0 Å². The monoisotopic (exact) mass is 728 g/mol. The molecule has 10 nitrogen and oxygen atoms in total. The van der Waals surface area contributed by atoms with Crippen LogP contribution >= 0.6 is 11.6 Å². The van der Waals surface area contributed by atoms with Gasteiger partial charge in [-0.2, -0.15) is 0 Å². The third-order valence-electron chi connectivity index (χ3n) is 12.0. The van der Waals surface area contributed by atoms with E-state index in [2.05, 4.69) is 14.5 Å². The van der Waals surface area contributed by atoms with Gasteiger partial charge in [0.2, 0.25) is 15.9 Å². The molecular formula is C38H53ClN4O6S. The van der Waals surface area contributed by atoms with Crippen LogP contribution in [0.1, 0.15) is 80.3 Å². The first-order chi connectivity index (χ1) is 23.9. The topological polar surface area (TPSA) is 108 Å². The second-order valence-electron chi connectivity index (χ2n) is 15.1. The predicted molar refractivity (Wildman–Crippen MR) is 196 cm³/mol. The smallest absolute Gasteiger partial charge is 0.264 e. The van der Waals surface area contributed by atoms with Crippen molar-refractivity contribution in [3.05, 3.63) is 58.1 Å². The Morgan fingerprint density at radius 1 is 1.00 bits per heavy atom. The van der Waals surface area contributed by atoms with Gasteiger partial charge in [-0.25, -0.2) is 13.1 Å². The fourth-order valence-electron chi connectivity index (χ4n) is 8.41. The van der Waals surface area contributed by atoms with Gasteiger partial charge in [-0.05, 0) is 111 Å². The minimum atomic E-state index is -3.95. The van der Waals surface area contributed by atoms with Crippen LogP contribution in [0.25, 0.3) is 0 Å². The Balaban J connectivity index is 1.38. The average Bonchev–Trinajstić information content (AvgIpc) is 3.10. The number of nitrogens with zero attached hydrogens (tertiary/aromatic N) is 3. The Morgan fingerprint density at radius 3 is 2.56 bits per heavy atom. The van der Waals surface area contributed by atoms with Gasteiger partial charge in [0.25, 0.3) is 5.91 Å². The van der Waals surface area contributed by atoms with Crippen molar-refractivity contribution < 1.29 is 27.5 Å². The molecule has 1 saturated heterocycles. The lowest BCUT2D eigenvalue weighted by Gasteiger charge is -2.53. The lowest BCUT2D eigenvalue weighted by Crippen LogP contribution is -2.60. The van der Waals surface area contributed by atoms with Crippen molar-refractivity contribution in [2.24, 2.45) is 17.8 Å². The molecule has 1 aliphatic carbocycles. The zero-order valence-corrected chi connectivity index (χ0v) is 31.5. The third kappa shape index (κ3) is 7.96. The summed E-state index contributed by atoms with van der Waals surface area (Å²) in [6.07, 6.45) is 7.06. The molecule has 4 aliphatic rings. The number of sulfonamides is 1. The van der Waals surface area contributed by atoms with E-state index in [0.29, 0.717) is 49.4 Å². The van der Waals surface area contributed by atoms with Crippen molar-refractivity contribution in [2.45, 2.75) is 82.7 Å². The van der Waals surface area contributed by atoms with E-state index in [9.17, 15) is 18.0 Å². The molecule has 6 rings (SSSR count). The fraction of sp³-hybridized carbons (Fsp3) is 0.632. The highest BCUT2D eigenvalue weighted by Gasteiger charge is 2.49. The second-order valence-corrected chi connectivity index (χ2v) is 17.6. The summed E-state index contributed by atoms with van der Waals surface area (Å²) in [6.45, 7) is 8.00. The van der Waals surface area contributed by atoms with E-state index in [1.54, 1.807) is 30.0 Å². The molecule has 3 aliphatic heterocycles. The average molecular weight is 729 g/mol. The highest BCUT2D eigenvalue weighted by atomic mass is 35.5. The van der Waals surface area contributed by atoms with Crippen LogP contribution < -0.4 is 14.4 Å². The number of ether oxygens (including phenoxy) is 2. The first-order valence-corrected chi connectivity index (χ1v) is 20.2. The van der Waals surface area contributed by atoms with Crippen LogP contribution in [-0.4, -0.2) is 94.3 Å². The summed E-state index contributed by atoms with van der Waals surface area (Å²) < 4.78 is 42.6. The molecule has 1 N–H and O–H groups in total. The summed E-state index contributed by atoms with van der Waals surface area (Å²) in [5.41, 5.74) is 2.84. The van der Waals surface area contributed by atoms with Gasteiger partial charge in [-0.1, -0.05) is 31.0 Å². The maximum atomic E-state index is 13.6. The van der Waals surface area contributed by atoms with Gasteiger partial charge in [0.15, 0.2) is 0 Å². The number of rotatable bonds is 3. The quantitative estimate of drug-likeness (QED) is 0.441. The van der Waals surface area contributed by atoms with Crippen LogP contribution in [-0.2, 0) is 32.6 Å². The number of aryl methyl sites for hydroxylation is 1. The number of fused-ring (bicyclic) bond motifs is 3. The normalized spacial score (nSPS) is 29.8. The molecule has 50 heavy (non-hydrogen) atoms. The zero-order chi connectivity index (χ0) is 35.6. The van der Waals surface area contributed by atoms with Gasteiger partial charge in [0.1, 0.15) is 12.4 Å². The number of likely N-dealkylation sites (N-methyl/N-ethyl adjacent to an activating group) is 1. The number of amides is 2. The molecule has 3 heterocycles. The molecule has 2 amide bonds. The van der Waals surface area contributed by atoms with Crippen LogP contribution in [0, 0.1) is 17.8 Å². The van der Waals surface area contributed by atoms with E-state index < -0.39 is 26.8 Å². The van der Waals surface area contributed by atoms with E-state index in [-0.39, 0.29) is 23.3 Å². The Hall–Kier alpha value is -2.86. The molecule has 0 unspecified atom stereocenters. The number of nitrogens with one attached hydrogen (secondary N) is 1. The molecule has 5 atom stereocenters. The minimum absolute atomic E-state index is 0.121. The third-order valence-corrected chi connectivity index (χ3v) is 14.2. The van der Waals surface area contributed by atoms with Gasteiger partial charge in [-0.3, -0.25) is 14.5 Å². The number of anilines is 1. The minimum Gasteiger partial charge on any atom is -0.487 e. The fourth-order valence-corrected chi connectivity index (χ4v) is 9.91. The first-order valence-electron chi connectivity index (χ1n) is 18.3. The summed E-state index contributed by atoms with van der Waals surface area (Å²) in [7, 11) is -0.283. The molecule has 274 valence electrons. The molecule has 0 aromatic heterocycles. The van der Waals surface area contributed by atoms with Crippen molar-refractivity contribution in [1.29, 1.82) is 0 Å². The lowest BCUT2D eigenvalue weighted by molar-refractivity contribution is -0.146. The van der Waals surface area contributed by atoms with Crippen molar-refractivity contribution in [2.75, 3.05) is 58.3 Å². The maximum Gasteiger partial charge on any atom is 0.264 e. The predicted octanol–water partition coefficient (Wildman–Crippen LogP) is 5.52. The molecule has 2 aromatic rings. The van der Waals surface area contributed by atoms with Gasteiger partial charge in [0.05, 0.1) is 23.1 Å². The van der Waals surface area contributed by atoms with Gasteiger partial charge >= 0.3 is 0 Å². The number of carbonyl (C=O) groups is 2. The summed E-state index contributed by atoms with van der Waals surface area (Å²) in [5.74, 6) is 0.548. The Bertz CT molecular complexity index is 1670. The van der Waals surface area contributed by atoms with Crippen LogP contribution in [0.2, 0.25) is 5.02 Å². The maximum absolute atomic E-state index is 13.6. The number of hydrogen-bond acceptors (Lipinski definition) is 8. The van der Waals surface area contributed by atoms with E-state index in [4.69, 9.17) is 21.1 Å². The Labute approximate surface area is 302 Å². The van der Waals surface area contributed by atoms with Crippen molar-refractivity contribution in [3.8, 4) is 5.75 Å². The molecule has 1 saturated carbocycles. The summed E-state index contributed by atoms with van der Waals surface area (Å²) >= 11 is 6.38. The van der Waals surface area contributed by atoms with Crippen molar-refractivity contribution in [1.82, 2.24) is 14.5 Å². The molecule has 2 aromatic carbocycles. The van der Waals surface area contributed by atoms with Crippen molar-refractivity contribution >= 4 is 39.1 Å². The van der Waals surface area contributed by atoms with E-state index in [1.807, 2.05) is 39.3 Å². The molecule has 2 fully saturated rings. The second kappa shape index (κ2) is 15.4. The summed E-state index contributed by atoms with van der Waals surface area (Å²) in [5, 5.41) is -0.0609. The van der Waals surface area contributed by atoms with Gasteiger partial charge in [-0.15, -0.1) is 0 Å². The number of methoxy groups -OCH3 is 1. The summed E-state index contributed by atoms with van der Waals surface area (Å²) in [4.78, 5) is 32.7. The molecule has 0 radical (unpaired) electrons. The molecule has 12 heteroatoms. The Morgan fingerprint density at radius 2 is 1.82 bits per heavy atom. The SMILES string of the molecule is CO[C@]1(CN2CCN(C)C(=O)C2)CCC[C@H](C)[C@@H](C)S(=O)(=O)NC(=O)c2ccc3c(c2)N(CCCCc2cc(Cl)ccc2CO3)C[C@@H]2CC[C@H]21. The Kier molecular flexibility index (Phi) is 11.4. The molecular weight excluding hydrogens is 676 g/mol. The van der Waals surface area contributed by atoms with E-state index >= 15 is 0 Å². The lowest BCUT2D eigenvalue weighted by atomic mass is 9.62. The molecule has 2 bridgehead atoms. The number of benzene rings is 2. The number of hydrogen-bond donors (Lipinski definition) is 1. The zero-order valence-electron chi connectivity index (χ0n) is 30.0. The number of carbonyl (C=O) groups excluding carboxylic acids is 2. The largest absolute Gasteiger partial charge is 0.487 e. The standard InChI is InChI=1S/C38H53ClN4O6S/c1-26-8-7-16-38(48-4,25-42-19-18-41(3)36(44)23-42)33-14-11-30(33)22-43-17-6-5-9-28-20-32(39)13-10-31(28)24-49-35-15-12-29(21-34(35)43)37(45)40-50(46,47)27(26)2/h10,12-13,15,20-21,26-27,30,33H,5-9,11,14,16-19,22-25H2,1-4H3,(H,40,45)/t26-,27+,30-,33+,38-/m0/s1.